The number of nitrogens with zero attached hydrogens (tertiary/aromatic N) is 2. The van der Waals surface area contributed by atoms with Gasteiger partial charge in [0.25, 0.3) is 0 Å². The number of imidazole rings is 1. The fourth-order valence-corrected chi connectivity index (χ4v) is 3.57. The number of amides is 1. The second-order valence-corrected chi connectivity index (χ2v) is 7.01. The molecule has 2 atom stereocenters. The SMILES string of the molecule is O=C(NCCCn1cnc2ccccc21)C1CC1c1cccc(Cl)c1. The van der Waals surface area contributed by atoms with Crippen molar-refractivity contribution in [1.29, 1.82) is 0 Å². The first-order valence-electron chi connectivity index (χ1n) is 8.65. The van der Waals surface area contributed by atoms with E-state index in [1.165, 1.54) is 0 Å². The molecule has 0 saturated heterocycles. The van der Waals surface area contributed by atoms with Gasteiger partial charge >= 0.3 is 0 Å². The van der Waals surface area contributed by atoms with E-state index in [-0.39, 0.29) is 11.8 Å². The van der Waals surface area contributed by atoms with E-state index in [2.05, 4.69) is 20.9 Å². The molecule has 128 valence electrons. The van der Waals surface area contributed by atoms with Crippen molar-refractivity contribution in [2.24, 2.45) is 5.92 Å². The van der Waals surface area contributed by atoms with Gasteiger partial charge in [-0.05, 0) is 48.6 Å². The van der Waals surface area contributed by atoms with Crippen LogP contribution in [0.15, 0.2) is 54.9 Å². The number of hydrogen-bond donors (Lipinski definition) is 1. The number of fused-ring (bicyclic) bond motifs is 1. The van der Waals surface area contributed by atoms with Crippen molar-refractivity contribution in [1.82, 2.24) is 14.9 Å². The number of para-hydroxylation sites is 2. The monoisotopic (exact) mass is 353 g/mol. The number of aryl methyl sites for hydroxylation is 1. The highest BCUT2D eigenvalue weighted by molar-refractivity contribution is 6.30. The van der Waals surface area contributed by atoms with Crippen molar-refractivity contribution in [2.45, 2.75) is 25.3 Å². The standard InChI is InChI=1S/C20H20ClN3O/c21-15-6-3-5-14(11-15)16-12-17(16)20(25)22-9-4-10-24-13-23-18-7-1-2-8-19(18)24/h1-3,5-8,11,13,16-17H,4,9-10,12H2,(H,22,25). The Bertz CT molecular complexity index is 905. The van der Waals surface area contributed by atoms with E-state index in [0.29, 0.717) is 12.5 Å². The first-order valence-corrected chi connectivity index (χ1v) is 9.03. The average Bonchev–Trinajstić information content (AvgIpc) is 3.33. The van der Waals surface area contributed by atoms with Crippen LogP contribution in [0, 0.1) is 5.92 Å². The van der Waals surface area contributed by atoms with E-state index in [0.717, 1.165) is 41.0 Å². The number of hydrogen-bond acceptors (Lipinski definition) is 2. The molecule has 1 aliphatic rings. The van der Waals surface area contributed by atoms with Gasteiger partial charge in [-0.15, -0.1) is 0 Å². The van der Waals surface area contributed by atoms with Gasteiger partial charge in [0, 0.05) is 24.0 Å². The van der Waals surface area contributed by atoms with Gasteiger partial charge in [0.2, 0.25) is 5.91 Å². The molecule has 5 heteroatoms. The second kappa shape index (κ2) is 6.89. The third-order valence-corrected chi connectivity index (χ3v) is 5.04. The smallest absolute Gasteiger partial charge is 0.223 e. The normalized spacial score (nSPS) is 19.1. The van der Waals surface area contributed by atoms with Crippen molar-refractivity contribution < 1.29 is 4.79 Å². The Kier molecular flexibility index (Phi) is 4.45. The zero-order valence-electron chi connectivity index (χ0n) is 13.9. The molecule has 4 rings (SSSR count). The maximum Gasteiger partial charge on any atom is 0.223 e. The molecule has 0 bridgehead atoms. The van der Waals surface area contributed by atoms with E-state index < -0.39 is 0 Å². The van der Waals surface area contributed by atoms with Crippen molar-refractivity contribution >= 4 is 28.5 Å². The zero-order chi connectivity index (χ0) is 17.2. The molecule has 4 nitrogen and oxygen atoms in total. The highest BCUT2D eigenvalue weighted by Crippen LogP contribution is 2.47. The number of rotatable bonds is 6. The van der Waals surface area contributed by atoms with E-state index in [9.17, 15) is 4.79 Å². The van der Waals surface area contributed by atoms with Crippen LogP contribution in [-0.4, -0.2) is 22.0 Å². The predicted molar refractivity (Wildman–Crippen MR) is 99.7 cm³/mol. The summed E-state index contributed by atoms with van der Waals surface area (Å²) in [6.07, 6.45) is 3.67. The van der Waals surface area contributed by atoms with Gasteiger partial charge in [0.15, 0.2) is 0 Å². The molecule has 1 N–H and O–H groups in total. The van der Waals surface area contributed by atoms with Crippen LogP contribution < -0.4 is 5.32 Å². The summed E-state index contributed by atoms with van der Waals surface area (Å²) in [7, 11) is 0. The van der Waals surface area contributed by atoms with Crippen molar-refractivity contribution in [3.63, 3.8) is 0 Å². The maximum absolute atomic E-state index is 12.3. The molecule has 0 aliphatic heterocycles. The molecule has 0 spiro atoms. The molecule has 1 saturated carbocycles. The van der Waals surface area contributed by atoms with Gasteiger partial charge in [-0.25, -0.2) is 4.98 Å². The number of benzene rings is 2. The van der Waals surface area contributed by atoms with Crippen LogP contribution in [0.5, 0.6) is 0 Å². The molecule has 1 amide bonds. The summed E-state index contributed by atoms with van der Waals surface area (Å²) in [5.41, 5.74) is 3.31. The molecule has 3 aromatic rings. The van der Waals surface area contributed by atoms with Gasteiger partial charge in [-0.1, -0.05) is 35.9 Å². The van der Waals surface area contributed by atoms with E-state index in [1.54, 1.807) is 0 Å². The minimum absolute atomic E-state index is 0.0903. The van der Waals surface area contributed by atoms with Crippen LogP contribution in [0.3, 0.4) is 0 Å². The lowest BCUT2D eigenvalue weighted by atomic mass is 10.1. The van der Waals surface area contributed by atoms with Gasteiger partial charge < -0.3 is 9.88 Å². The summed E-state index contributed by atoms with van der Waals surface area (Å²) < 4.78 is 2.13. The Morgan fingerprint density at radius 3 is 3.00 bits per heavy atom. The first kappa shape index (κ1) is 16.2. The molecular formula is C20H20ClN3O. The summed E-state index contributed by atoms with van der Waals surface area (Å²) in [4.78, 5) is 16.7. The van der Waals surface area contributed by atoms with E-state index >= 15 is 0 Å². The summed E-state index contributed by atoms with van der Waals surface area (Å²) in [5, 5.41) is 3.80. The second-order valence-electron chi connectivity index (χ2n) is 6.57. The molecule has 1 heterocycles. The maximum atomic E-state index is 12.3. The highest BCUT2D eigenvalue weighted by Gasteiger charge is 2.43. The minimum Gasteiger partial charge on any atom is -0.356 e. The van der Waals surface area contributed by atoms with E-state index in [1.807, 2.05) is 48.8 Å². The van der Waals surface area contributed by atoms with Crippen LogP contribution in [0.1, 0.15) is 24.3 Å². The van der Waals surface area contributed by atoms with Crippen LogP contribution in [0.25, 0.3) is 11.0 Å². The Morgan fingerprint density at radius 2 is 2.12 bits per heavy atom. The molecule has 1 aromatic heterocycles. The lowest BCUT2D eigenvalue weighted by molar-refractivity contribution is -0.122. The zero-order valence-corrected chi connectivity index (χ0v) is 14.6. The van der Waals surface area contributed by atoms with Gasteiger partial charge in [0.1, 0.15) is 0 Å². The first-order chi connectivity index (χ1) is 12.2. The topological polar surface area (TPSA) is 46.9 Å². The molecule has 1 fully saturated rings. The fourth-order valence-electron chi connectivity index (χ4n) is 3.37. The summed E-state index contributed by atoms with van der Waals surface area (Å²) >= 11 is 6.03. The van der Waals surface area contributed by atoms with E-state index in [4.69, 9.17) is 11.6 Å². The van der Waals surface area contributed by atoms with Crippen molar-refractivity contribution in [2.75, 3.05) is 6.54 Å². The van der Waals surface area contributed by atoms with Gasteiger partial charge in [-0.3, -0.25) is 4.79 Å². The minimum atomic E-state index is 0.0903. The Hall–Kier alpha value is -2.33. The predicted octanol–water partition coefficient (Wildman–Crippen LogP) is 4.00. The Morgan fingerprint density at radius 1 is 1.24 bits per heavy atom. The molecule has 1 aliphatic carbocycles. The molecule has 25 heavy (non-hydrogen) atoms. The summed E-state index contributed by atoms with van der Waals surface area (Å²) in [6.45, 7) is 1.54. The number of nitrogens with one attached hydrogen (secondary N) is 1. The van der Waals surface area contributed by atoms with Crippen molar-refractivity contribution in [3.8, 4) is 0 Å². The molecule has 2 unspecified atom stereocenters. The molecular weight excluding hydrogens is 334 g/mol. The number of halogens is 1. The fraction of sp³-hybridized carbons (Fsp3) is 0.300. The summed E-state index contributed by atoms with van der Waals surface area (Å²) in [6, 6.07) is 15.9. The Labute approximate surface area is 151 Å². The average molecular weight is 354 g/mol. The largest absolute Gasteiger partial charge is 0.356 e. The van der Waals surface area contributed by atoms with Gasteiger partial charge in [-0.2, -0.15) is 0 Å². The lowest BCUT2D eigenvalue weighted by Crippen LogP contribution is -2.27. The van der Waals surface area contributed by atoms with Crippen LogP contribution >= 0.6 is 11.6 Å². The molecule has 2 aromatic carbocycles. The lowest BCUT2D eigenvalue weighted by Gasteiger charge is -2.07. The third-order valence-electron chi connectivity index (χ3n) is 4.81. The van der Waals surface area contributed by atoms with Crippen LogP contribution in [-0.2, 0) is 11.3 Å². The third kappa shape index (κ3) is 3.54. The van der Waals surface area contributed by atoms with Crippen LogP contribution in [0.4, 0.5) is 0 Å². The Balaban J connectivity index is 1.25. The van der Waals surface area contributed by atoms with Gasteiger partial charge in [0.05, 0.1) is 17.4 Å². The molecule has 0 radical (unpaired) electrons. The van der Waals surface area contributed by atoms with Crippen molar-refractivity contribution in [3.05, 3.63) is 65.4 Å². The van der Waals surface area contributed by atoms with Crippen LogP contribution in [0.2, 0.25) is 5.02 Å². The summed E-state index contributed by atoms with van der Waals surface area (Å²) in [5.74, 6) is 0.560. The number of carbonyl (C=O) groups excluding carboxylic acids is 1. The number of carbonyl (C=O) groups is 1. The number of aromatic nitrogens is 2. The quantitative estimate of drug-likeness (QED) is 0.681. The highest BCUT2D eigenvalue weighted by atomic mass is 35.5.